The SMILES string of the molecule is CN(CCC#N)C(=O)CSc1nnc(-c2ccc(Br)cc2)o1. The van der Waals surface area contributed by atoms with Crippen LogP contribution >= 0.6 is 27.7 Å². The number of thioether (sulfide) groups is 1. The lowest BCUT2D eigenvalue weighted by Crippen LogP contribution is -2.29. The van der Waals surface area contributed by atoms with Crippen LogP contribution in [0.5, 0.6) is 0 Å². The number of halogens is 1. The van der Waals surface area contributed by atoms with Gasteiger partial charge in [-0.1, -0.05) is 27.7 Å². The highest BCUT2D eigenvalue weighted by atomic mass is 79.9. The van der Waals surface area contributed by atoms with E-state index in [0.29, 0.717) is 24.1 Å². The summed E-state index contributed by atoms with van der Waals surface area (Å²) < 4.78 is 6.49. The van der Waals surface area contributed by atoms with E-state index >= 15 is 0 Å². The number of hydrogen-bond donors (Lipinski definition) is 0. The van der Waals surface area contributed by atoms with Crippen molar-refractivity contribution in [3.63, 3.8) is 0 Å². The Balaban J connectivity index is 1.91. The number of hydrogen-bond acceptors (Lipinski definition) is 6. The smallest absolute Gasteiger partial charge is 0.277 e. The summed E-state index contributed by atoms with van der Waals surface area (Å²) in [6.45, 7) is 0.421. The average molecular weight is 381 g/mol. The Bertz CT molecular complexity index is 681. The van der Waals surface area contributed by atoms with Crippen LogP contribution in [-0.2, 0) is 4.79 Å². The second-order valence-corrected chi connectivity index (χ2v) is 6.23. The summed E-state index contributed by atoms with van der Waals surface area (Å²) in [6.07, 6.45) is 0.321. The van der Waals surface area contributed by atoms with Crippen LogP contribution in [0.3, 0.4) is 0 Å². The number of nitriles is 1. The molecule has 22 heavy (non-hydrogen) atoms. The van der Waals surface area contributed by atoms with E-state index in [2.05, 4.69) is 26.1 Å². The fourth-order valence-corrected chi connectivity index (χ4v) is 2.52. The molecule has 1 heterocycles. The molecular formula is C14H13BrN4O2S. The molecule has 0 unspecified atom stereocenters. The monoisotopic (exact) mass is 380 g/mol. The zero-order valence-corrected chi connectivity index (χ0v) is 14.2. The van der Waals surface area contributed by atoms with E-state index < -0.39 is 0 Å². The van der Waals surface area contributed by atoms with Gasteiger partial charge in [0, 0.05) is 23.6 Å². The minimum Gasteiger partial charge on any atom is -0.411 e. The largest absolute Gasteiger partial charge is 0.411 e. The Morgan fingerprint density at radius 2 is 2.14 bits per heavy atom. The van der Waals surface area contributed by atoms with E-state index in [1.807, 2.05) is 30.3 Å². The van der Waals surface area contributed by atoms with Crippen LogP contribution in [0.4, 0.5) is 0 Å². The summed E-state index contributed by atoms with van der Waals surface area (Å²) in [4.78, 5) is 13.4. The minimum atomic E-state index is -0.0800. The molecule has 6 nitrogen and oxygen atoms in total. The molecule has 1 aromatic carbocycles. The standard InChI is InChI=1S/C14H13BrN4O2S/c1-19(8-2-7-16)12(20)9-22-14-18-17-13(21-14)10-3-5-11(15)6-4-10/h3-6H,2,8-9H2,1H3. The van der Waals surface area contributed by atoms with Gasteiger partial charge in [0.1, 0.15) is 0 Å². The highest BCUT2D eigenvalue weighted by Gasteiger charge is 2.13. The molecule has 2 rings (SSSR count). The fraction of sp³-hybridized carbons (Fsp3) is 0.286. The summed E-state index contributed by atoms with van der Waals surface area (Å²) in [5, 5.41) is 16.7. The van der Waals surface area contributed by atoms with Gasteiger partial charge in [-0.3, -0.25) is 4.79 Å². The first kappa shape index (κ1) is 16.5. The predicted octanol–water partition coefficient (Wildman–Crippen LogP) is 2.96. The van der Waals surface area contributed by atoms with Crippen LogP contribution in [0.15, 0.2) is 38.4 Å². The van der Waals surface area contributed by atoms with Crippen LogP contribution in [0.2, 0.25) is 0 Å². The van der Waals surface area contributed by atoms with Crippen LogP contribution in [-0.4, -0.2) is 40.3 Å². The summed E-state index contributed by atoms with van der Waals surface area (Å²) in [6, 6.07) is 9.52. The molecule has 1 aromatic heterocycles. The number of rotatable bonds is 6. The molecule has 8 heteroatoms. The number of amides is 1. The van der Waals surface area contributed by atoms with E-state index in [1.54, 1.807) is 7.05 Å². The van der Waals surface area contributed by atoms with Crippen molar-refractivity contribution in [1.82, 2.24) is 15.1 Å². The summed E-state index contributed by atoms with van der Waals surface area (Å²) >= 11 is 4.55. The van der Waals surface area contributed by atoms with Crippen LogP contribution in [0, 0.1) is 11.3 Å². The lowest BCUT2D eigenvalue weighted by Gasteiger charge is -2.13. The Kier molecular flexibility index (Phi) is 5.98. The number of benzene rings is 1. The van der Waals surface area contributed by atoms with Crippen LogP contribution in [0.1, 0.15) is 6.42 Å². The first-order valence-corrected chi connectivity index (χ1v) is 8.21. The Morgan fingerprint density at radius 1 is 1.41 bits per heavy atom. The number of aromatic nitrogens is 2. The maximum absolute atomic E-state index is 11.8. The quantitative estimate of drug-likeness (QED) is 0.716. The van der Waals surface area contributed by atoms with E-state index in [4.69, 9.17) is 9.68 Å². The maximum Gasteiger partial charge on any atom is 0.277 e. The molecule has 0 spiro atoms. The summed E-state index contributed by atoms with van der Waals surface area (Å²) in [7, 11) is 1.67. The number of nitrogens with zero attached hydrogens (tertiary/aromatic N) is 4. The lowest BCUT2D eigenvalue weighted by atomic mass is 10.2. The number of carbonyl (C=O) groups excluding carboxylic acids is 1. The van der Waals surface area contributed by atoms with Crippen molar-refractivity contribution < 1.29 is 9.21 Å². The molecule has 2 aromatic rings. The van der Waals surface area contributed by atoms with E-state index in [0.717, 1.165) is 10.0 Å². The van der Waals surface area contributed by atoms with E-state index in [-0.39, 0.29) is 11.7 Å². The first-order valence-electron chi connectivity index (χ1n) is 6.43. The van der Waals surface area contributed by atoms with Crippen molar-refractivity contribution in [2.24, 2.45) is 0 Å². The average Bonchev–Trinajstić information content (AvgIpc) is 2.99. The summed E-state index contributed by atoms with van der Waals surface area (Å²) in [5.41, 5.74) is 0.819. The molecular weight excluding hydrogens is 368 g/mol. The Hall–Kier alpha value is -1.85. The van der Waals surface area contributed by atoms with Gasteiger partial charge in [-0.2, -0.15) is 5.26 Å². The van der Waals surface area contributed by atoms with E-state index in [9.17, 15) is 4.79 Å². The molecule has 0 aliphatic carbocycles. The maximum atomic E-state index is 11.8. The van der Waals surface area contributed by atoms with E-state index in [1.165, 1.54) is 16.7 Å². The van der Waals surface area contributed by atoms with Gasteiger partial charge in [-0.15, -0.1) is 10.2 Å². The van der Waals surface area contributed by atoms with Gasteiger partial charge in [0.25, 0.3) is 5.22 Å². The molecule has 0 aliphatic rings. The van der Waals surface area contributed by atoms with Gasteiger partial charge in [0.05, 0.1) is 18.2 Å². The third-order valence-corrected chi connectivity index (χ3v) is 4.13. The van der Waals surface area contributed by atoms with Gasteiger partial charge in [-0.25, -0.2) is 0 Å². The van der Waals surface area contributed by atoms with Crippen LogP contribution < -0.4 is 0 Å². The van der Waals surface area contributed by atoms with Crippen LogP contribution in [0.25, 0.3) is 11.5 Å². The zero-order valence-electron chi connectivity index (χ0n) is 11.8. The Labute approximate surface area is 140 Å². The van der Waals surface area contributed by atoms with Crippen molar-refractivity contribution in [3.8, 4) is 17.5 Å². The molecule has 0 fully saturated rings. The minimum absolute atomic E-state index is 0.0800. The van der Waals surface area contributed by atoms with Gasteiger partial charge in [-0.05, 0) is 24.3 Å². The third-order valence-electron chi connectivity index (χ3n) is 2.80. The van der Waals surface area contributed by atoms with Gasteiger partial charge in [0.2, 0.25) is 11.8 Å². The first-order chi connectivity index (χ1) is 10.6. The molecule has 0 atom stereocenters. The molecule has 0 aliphatic heterocycles. The molecule has 0 saturated carbocycles. The van der Waals surface area contributed by atoms with Crippen molar-refractivity contribution in [3.05, 3.63) is 28.7 Å². The van der Waals surface area contributed by atoms with Gasteiger partial charge >= 0.3 is 0 Å². The molecule has 0 saturated heterocycles. The topological polar surface area (TPSA) is 83.0 Å². The van der Waals surface area contributed by atoms with Crippen molar-refractivity contribution in [2.45, 2.75) is 11.6 Å². The highest BCUT2D eigenvalue weighted by Crippen LogP contribution is 2.24. The Morgan fingerprint density at radius 3 is 2.82 bits per heavy atom. The number of carbonyl (C=O) groups is 1. The van der Waals surface area contributed by atoms with Crippen molar-refractivity contribution in [2.75, 3.05) is 19.3 Å². The second kappa shape index (κ2) is 7.96. The van der Waals surface area contributed by atoms with Gasteiger partial charge in [0.15, 0.2) is 0 Å². The van der Waals surface area contributed by atoms with Crippen molar-refractivity contribution in [1.29, 1.82) is 5.26 Å². The predicted molar refractivity (Wildman–Crippen MR) is 86.0 cm³/mol. The third kappa shape index (κ3) is 4.58. The fourth-order valence-electron chi connectivity index (χ4n) is 1.55. The molecule has 0 bridgehead atoms. The van der Waals surface area contributed by atoms with Crippen molar-refractivity contribution >= 4 is 33.6 Å². The second-order valence-electron chi connectivity index (χ2n) is 4.39. The lowest BCUT2D eigenvalue weighted by molar-refractivity contribution is -0.127. The molecule has 1 amide bonds. The van der Waals surface area contributed by atoms with Gasteiger partial charge < -0.3 is 9.32 Å². The molecule has 114 valence electrons. The normalized spacial score (nSPS) is 10.2. The summed E-state index contributed by atoms with van der Waals surface area (Å²) in [5.74, 6) is 0.535. The zero-order chi connectivity index (χ0) is 15.9. The molecule has 0 N–H and O–H groups in total. The highest BCUT2D eigenvalue weighted by molar-refractivity contribution is 9.10. The molecule has 0 radical (unpaired) electrons.